The van der Waals surface area contributed by atoms with Crippen LogP contribution in [-0.4, -0.2) is 28.5 Å². The van der Waals surface area contributed by atoms with Crippen LogP contribution in [0.5, 0.6) is 0 Å². The Labute approximate surface area is 126 Å². The fourth-order valence-electron chi connectivity index (χ4n) is 2.65. The van der Waals surface area contributed by atoms with E-state index in [1.807, 2.05) is 12.1 Å². The highest BCUT2D eigenvalue weighted by Crippen LogP contribution is 2.36. The van der Waals surface area contributed by atoms with E-state index in [2.05, 4.69) is 50.9 Å². The molecule has 0 bridgehead atoms. The molecular weight excluding hydrogens is 263 g/mol. The topological polar surface area (TPSA) is 47.1 Å². The van der Waals surface area contributed by atoms with Crippen LogP contribution >= 0.6 is 0 Å². The minimum absolute atomic E-state index is 0.310. The molecule has 3 rings (SSSR count). The van der Waals surface area contributed by atoms with Gasteiger partial charge in [0.25, 0.3) is 0 Å². The second-order valence-electron chi connectivity index (χ2n) is 6.82. The third-order valence-corrected chi connectivity index (χ3v) is 4.68. The van der Waals surface area contributed by atoms with E-state index in [9.17, 15) is 0 Å². The smallest absolute Gasteiger partial charge is 0.399 e. The average Bonchev–Trinajstić information content (AvgIpc) is 2.89. The molecule has 5 heteroatoms. The van der Waals surface area contributed by atoms with Gasteiger partial charge < -0.3 is 9.31 Å². The van der Waals surface area contributed by atoms with Crippen molar-refractivity contribution < 1.29 is 9.31 Å². The van der Waals surface area contributed by atoms with Crippen molar-refractivity contribution in [1.82, 2.24) is 10.2 Å². The number of rotatable bonds is 3. The van der Waals surface area contributed by atoms with Crippen molar-refractivity contribution in [2.45, 2.75) is 58.7 Å². The van der Waals surface area contributed by atoms with Crippen LogP contribution in [0.15, 0.2) is 18.2 Å². The summed E-state index contributed by atoms with van der Waals surface area (Å²) in [6, 6.07) is 6.22. The van der Waals surface area contributed by atoms with E-state index in [0.717, 1.165) is 23.8 Å². The van der Waals surface area contributed by atoms with Gasteiger partial charge in [-0.2, -0.15) is 5.10 Å². The van der Waals surface area contributed by atoms with Crippen LogP contribution in [0.4, 0.5) is 0 Å². The molecule has 4 nitrogen and oxygen atoms in total. The lowest BCUT2D eigenvalue weighted by Crippen LogP contribution is -2.41. The molecule has 0 saturated carbocycles. The molecule has 0 aliphatic carbocycles. The number of aryl methyl sites for hydroxylation is 1. The summed E-state index contributed by atoms with van der Waals surface area (Å²) in [6.45, 7) is 10.5. The molecule has 1 aliphatic heterocycles. The van der Waals surface area contributed by atoms with Crippen LogP contribution in [0.2, 0.25) is 0 Å². The standard InChI is InChI=1S/C16H23BN2O2/c1-6-7-13-12-10-11(8-9-14(12)19-18-13)17-20-15(2,3)16(4,5)21-17/h8-10H,6-7H2,1-5H3,(H,18,19). The highest BCUT2D eigenvalue weighted by atomic mass is 16.7. The lowest BCUT2D eigenvalue weighted by molar-refractivity contribution is 0.00578. The Hall–Kier alpha value is -1.33. The number of nitrogens with zero attached hydrogens (tertiary/aromatic N) is 1. The molecule has 21 heavy (non-hydrogen) atoms. The Balaban J connectivity index is 1.97. The number of nitrogens with one attached hydrogen (secondary N) is 1. The van der Waals surface area contributed by atoms with Crippen molar-refractivity contribution in [3.8, 4) is 0 Å². The van der Waals surface area contributed by atoms with E-state index < -0.39 is 0 Å². The average molecular weight is 286 g/mol. The van der Waals surface area contributed by atoms with Gasteiger partial charge in [-0.25, -0.2) is 0 Å². The van der Waals surface area contributed by atoms with Gasteiger partial charge in [0, 0.05) is 11.1 Å². The Kier molecular flexibility index (Phi) is 3.37. The van der Waals surface area contributed by atoms with Crippen LogP contribution in [0.1, 0.15) is 46.7 Å². The first-order valence-electron chi connectivity index (χ1n) is 7.66. The van der Waals surface area contributed by atoms with E-state index in [4.69, 9.17) is 9.31 Å². The molecule has 0 unspecified atom stereocenters. The highest BCUT2D eigenvalue weighted by molar-refractivity contribution is 6.62. The summed E-state index contributed by atoms with van der Waals surface area (Å²) < 4.78 is 12.2. The molecule has 0 amide bonds. The number of hydrogen-bond donors (Lipinski definition) is 1. The fraction of sp³-hybridized carbons (Fsp3) is 0.562. The van der Waals surface area contributed by atoms with Crippen LogP contribution in [0, 0.1) is 0 Å². The van der Waals surface area contributed by atoms with Crippen LogP contribution in [0.3, 0.4) is 0 Å². The van der Waals surface area contributed by atoms with E-state index in [1.54, 1.807) is 0 Å². The van der Waals surface area contributed by atoms with Gasteiger partial charge in [0.05, 0.1) is 16.7 Å². The molecule has 1 fully saturated rings. The molecule has 2 heterocycles. The zero-order valence-electron chi connectivity index (χ0n) is 13.5. The minimum Gasteiger partial charge on any atom is -0.399 e. The van der Waals surface area contributed by atoms with E-state index in [0.29, 0.717) is 0 Å². The monoisotopic (exact) mass is 286 g/mol. The quantitative estimate of drug-likeness (QED) is 0.883. The third kappa shape index (κ3) is 2.38. The summed E-state index contributed by atoms with van der Waals surface area (Å²) in [5.41, 5.74) is 2.62. The second-order valence-corrected chi connectivity index (χ2v) is 6.82. The molecule has 1 aliphatic rings. The summed E-state index contributed by atoms with van der Waals surface area (Å²) in [6.07, 6.45) is 2.10. The van der Waals surface area contributed by atoms with Crippen LogP contribution in [-0.2, 0) is 15.7 Å². The van der Waals surface area contributed by atoms with Crippen LogP contribution in [0.25, 0.3) is 10.9 Å². The third-order valence-electron chi connectivity index (χ3n) is 4.68. The molecule has 112 valence electrons. The summed E-state index contributed by atoms with van der Waals surface area (Å²) in [7, 11) is -0.316. The fourth-order valence-corrected chi connectivity index (χ4v) is 2.65. The number of H-pyrrole nitrogens is 1. The number of hydrogen-bond acceptors (Lipinski definition) is 3. The summed E-state index contributed by atoms with van der Waals surface area (Å²) in [4.78, 5) is 0. The molecule has 0 radical (unpaired) electrons. The predicted molar refractivity (Wildman–Crippen MR) is 85.8 cm³/mol. The molecule has 1 aromatic heterocycles. The zero-order chi connectivity index (χ0) is 15.3. The molecule has 1 saturated heterocycles. The second kappa shape index (κ2) is 4.85. The van der Waals surface area contributed by atoms with Gasteiger partial charge in [0.1, 0.15) is 0 Å². The van der Waals surface area contributed by atoms with Crippen molar-refractivity contribution in [3.05, 3.63) is 23.9 Å². The maximum absolute atomic E-state index is 6.12. The lowest BCUT2D eigenvalue weighted by atomic mass is 9.78. The zero-order valence-corrected chi connectivity index (χ0v) is 13.5. The maximum Gasteiger partial charge on any atom is 0.494 e. The van der Waals surface area contributed by atoms with Gasteiger partial charge in [-0.15, -0.1) is 0 Å². The number of fused-ring (bicyclic) bond motifs is 1. The molecule has 0 spiro atoms. The van der Waals surface area contributed by atoms with Gasteiger partial charge in [0.15, 0.2) is 0 Å². The van der Waals surface area contributed by atoms with Gasteiger partial charge in [-0.3, -0.25) is 5.10 Å². The van der Waals surface area contributed by atoms with E-state index in [1.165, 1.54) is 11.1 Å². The highest BCUT2D eigenvalue weighted by Gasteiger charge is 2.51. The van der Waals surface area contributed by atoms with Gasteiger partial charge in [-0.05, 0) is 45.6 Å². The van der Waals surface area contributed by atoms with Crippen molar-refractivity contribution in [2.24, 2.45) is 0 Å². The summed E-state index contributed by atoms with van der Waals surface area (Å²) in [5, 5.41) is 8.66. The first-order valence-corrected chi connectivity index (χ1v) is 7.66. The lowest BCUT2D eigenvalue weighted by Gasteiger charge is -2.32. The largest absolute Gasteiger partial charge is 0.494 e. The van der Waals surface area contributed by atoms with Gasteiger partial charge >= 0.3 is 7.12 Å². The maximum atomic E-state index is 6.12. The summed E-state index contributed by atoms with van der Waals surface area (Å²) in [5.74, 6) is 0. The Morgan fingerprint density at radius 2 is 1.81 bits per heavy atom. The first-order chi connectivity index (χ1) is 9.84. The number of aromatic amines is 1. The Bertz CT molecular complexity index is 647. The Morgan fingerprint density at radius 1 is 1.14 bits per heavy atom. The molecule has 0 atom stereocenters. The van der Waals surface area contributed by atoms with E-state index in [-0.39, 0.29) is 18.3 Å². The number of benzene rings is 1. The molecular formula is C16H23BN2O2. The predicted octanol–water partition coefficient (Wildman–Crippen LogP) is 2.81. The summed E-state index contributed by atoms with van der Waals surface area (Å²) >= 11 is 0. The van der Waals surface area contributed by atoms with Gasteiger partial charge in [-0.1, -0.05) is 25.5 Å². The normalized spacial score (nSPS) is 20.3. The SMILES string of the molecule is CCCc1[nH]nc2ccc(B3OC(C)(C)C(C)(C)O3)cc12. The van der Waals surface area contributed by atoms with Gasteiger partial charge in [0.2, 0.25) is 0 Å². The molecule has 2 aromatic rings. The first kappa shape index (κ1) is 14.6. The van der Waals surface area contributed by atoms with Crippen molar-refractivity contribution >= 4 is 23.5 Å². The van der Waals surface area contributed by atoms with Crippen molar-refractivity contribution in [2.75, 3.05) is 0 Å². The minimum atomic E-state index is -0.316. The molecule has 1 aromatic carbocycles. The van der Waals surface area contributed by atoms with Crippen molar-refractivity contribution in [3.63, 3.8) is 0 Å². The van der Waals surface area contributed by atoms with Crippen molar-refractivity contribution in [1.29, 1.82) is 0 Å². The van der Waals surface area contributed by atoms with Crippen LogP contribution < -0.4 is 5.46 Å². The number of aromatic nitrogens is 2. The van der Waals surface area contributed by atoms with E-state index >= 15 is 0 Å². The Morgan fingerprint density at radius 3 is 2.43 bits per heavy atom. The molecule has 1 N–H and O–H groups in total.